The van der Waals surface area contributed by atoms with E-state index < -0.39 is 5.60 Å². The van der Waals surface area contributed by atoms with Gasteiger partial charge in [0.15, 0.2) is 0 Å². The van der Waals surface area contributed by atoms with Crippen molar-refractivity contribution in [2.45, 2.75) is 77.2 Å². The van der Waals surface area contributed by atoms with Crippen molar-refractivity contribution in [2.75, 3.05) is 5.33 Å². The third-order valence-electron chi connectivity index (χ3n) is 8.76. The minimum atomic E-state index is -0.419. The summed E-state index contributed by atoms with van der Waals surface area (Å²) in [4.78, 5) is 12.5. The van der Waals surface area contributed by atoms with Crippen molar-refractivity contribution in [3.8, 4) is 0 Å². The molecule has 0 aromatic rings. The number of alkyl halides is 1. The quantitative estimate of drug-likeness (QED) is 0.668. The maximum Gasteiger partial charge on any atom is 0.147 e. The Hall–Kier alpha value is 0.110. The van der Waals surface area contributed by atoms with Crippen molar-refractivity contribution in [3.63, 3.8) is 0 Å². The minimum Gasteiger partial charge on any atom is -0.390 e. The van der Waals surface area contributed by atoms with E-state index in [1.165, 1.54) is 38.5 Å². The van der Waals surface area contributed by atoms with Crippen molar-refractivity contribution < 1.29 is 9.90 Å². The second kappa shape index (κ2) is 6.08. The number of carbonyl (C=O) groups excluding carboxylic acids is 1. The molecule has 2 nitrogen and oxygen atoms in total. The lowest BCUT2D eigenvalue weighted by atomic mass is 9.49. The fourth-order valence-electron chi connectivity index (χ4n) is 7.70. The molecule has 3 heteroatoms. The van der Waals surface area contributed by atoms with Crippen LogP contribution in [0.25, 0.3) is 0 Å². The molecule has 0 unspecified atom stereocenters. The highest BCUT2D eigenvalue weighted by molar-refractivity contribution is 9.09. The molecule has 4 aliphatic carbocycles. The van der Waals surface area contributed by atoms with Crippen LogP contribution in [0.15, 0.2) is 0 Å². The van der Waals surface area contributed by atoms with Gasteiger partial charge in [-0.05, 0) is 99.7 Å². The lowest BCUT2D eigenvalue weighted by Gasteiger charge is -2.56. The molecule has 8 atom stereocenters. The van der Waals surface area contributed by atoms with Crippen LogP contribution in [0.3, 0.4) is 0 Å². The van der Waals surface area contributed by atoms with Gasteiger partial charge in [0.2, 0.25) is 0 Å². The van der Waals surface area contributed by atoms with Crippen molar-refractivity contribution in [1.29, 1.82) is 0 Å². The van der Waals surface area contributed by atoms with Crippen LogP contribution in [0.2, 0.25) is 0 Å². The van der Waals surface area contributed by atoms with Gasteiger partial charge in [-0.3, -0.25) is 4.79 Å². The number of halogens is 1. The van der Waals surface area contributed by atoms with Gasteiger partial charge >= 0.3 is 0 Å². The van der Waals surface area contributed by atoms with Crippen LogP contribution in [0.5, 0.6) is 0 Å². The fourth-order valence-corrected chi connectivity index (χ4v) is 8.09. The van der Waals surface area contributed by atoms with E-state index >= 15 is 0 Å². The second-order valence-corrected chi connectivity index (χ2v) is 10.5. The third-order valence-corrected chi connectivity index (χ3v) is 9.31. The Bertz CT molecular complexity index is 516. The molecule has 4 fully saturated rings. The molecule has 0 bridgehead atoms. The summed E-state index contributed by atoms with van der Waals surface area (Å²) < 4.78 is 0. The van der Waals surface area contributed by atoms with Crippen LogP contribution in [0.1, 0.15) is 71.6 Å². The van der Waals surface area contributed by atoms with Gasteiger partial charge in [0, 0.05) is 5.92 Å². The van der Waals surface area contributed by atoms with Gasteiger partial charge in [0.25, 0.3) is 0 Å². The van der Waals surface area contributed by atoms with Crippen LogP contribution < -0.4 is 0 Å². The molecule has 4 rings (SSSR count). The van der Waals surface area contributed by atoms with E-state index in [1.807, 2.05) is 6.92 Å². The first kappa shape index (κ1) is 17.5. The lowest BCUT2D eigenvalue weighted by molar-refractivity contribution is -0.129. The molecule has 0 aliphatic heterocycles. The largest absolute Gasteiger partial charge is 0.390 e. The molecule has 4 saturated carbocycles. The normalized spacial score (nSPS) is 53.8. The zero-order valence-corrected chi connectivity index (χ0v) is 16.9. The van der Waals surface area contributed by atoms with Gasteiger partial charge in [-0.25, -0.2) is 0 Å². The summed E-state index contributed by atoms with van der Waals surface area (Å²) >= 11 is 3.42. The topological polar surface area (TPSA) is 37.3 Å². The first-order valence-electron chi connectivity index (χ1n) is 10.2. The molecule has 0 aromatic carbocycles. The van der Waals surface area contributed by atoms with Crippen molar-refractivity contribution in [3.05, 3.63) is 0 Å². The summed E-state index contributed by atoms with van der Waals surface area (Å²) in [5.74, 6) is 4.83. The van der Waals surface area contributed by atoms with Gasteiger partial charge < -0.3 is 5.11 Å². The Morgan fingerprint density at radius 2 is 1.75 bits per heavy atom. The zero-order chi connectivity index (χ0) is 17.1. The van der Waals surface area contributed by atoms with E-state index in [0.29, 0.717) is 17.0 Å². The summed E-state index contributed by atoms with van der Waals surface area (Å²) in [5.41, 5.74) is -0.156. The number of rotatable bonds is 2. The molecule has 0 saturated heterocycles. The van der Waals surface area contributed by atoms with Crippen molar-refractivity contribution in [1.82, 2.24) is 0 Å². The highest BCUT2D eigenvalue weighted by Gasteiger charge is 2.58. The standard InChI is InChI=1S/C21H33BrO2/c1-20(24)9-7-14-13(11-20)3-4-16-15(14)8-10-21(2)17(16)5-6-18(21)19(23)12-22/h13-18,24H,3-12H2,1-2H3/t13-,14+,15-,16-,17+,18-,20-,21+/m1/s1. The van der Waals surface area contributed by atoms with Gasteiger partial charge in [-0.15, -0.1) is 0 Å². The summed E-state index contributed by atoms with van der Waals surface area (Å²) in [6, 6.07) is 0. The van der Waals surface area contributed by atoms with Gasteiger partial charge in [-0.2, -0.15) is 0 Å². The second-order valence-electron chi connectivity index (χ2n) is 9.95. The van der Waals surface area contributed by atoms with Gasteiger partial charge in [0.05, 0.1) is 10.9 Å². The Morgan fingerprint density at radius 1 is 1.00 bits per heavy atom. The molecule has 0 amide bonds. The monoisotopic (exact) mass is 396 g/mol. The average molecular weight is 397 g/mol. The molecular formula is C21H33BrO2. The number of hydrogen-bond donors (Lipinski definition) is 1. The molecule has 0 heterocycles. The number of aliphatic hydroxyl groups is 1. The zero-order valence-electron chi connectivity index (χ0n) is 15.3. The first-order valence-corrected chi connectivity index (χ1v) is 11.3. The molecule has 4 aliphatic rings. The Kier molecular flexibility index (Phi) is 4.44. The van der Waals surface area contributed by atoms with E-state index in [-0.39, 0.29) is 5.41 Å². The number of Topliss-reactive ketones (excluding diaryl/α,β-unsaturated/α-hetero) is 1. The van der Waals surface area contributed by atoms with Crippen LogP contribution in [0.4, 0.5) is 0 Å². The number of hydrogen-bond acceptors (Lipinski definition) is 2. The number of ketones is 1. The van der Waals surface area contributed by atoms with Gasteiger partial charge in [-0.1, -0.05) is 22.9 Å². The Balaban J connectivity index is 1.54. The van der Waals surface area contributed by atoms with E-state index in [9.17, 15) is 9.90 Å². The Morgan fingerprint density at radius 3 is 2.50 bits per heavy atom. The van der Waals surface area contributed by atoms with E-state index in [0.717, 1.165) is 48.9 Å². The maximum atomic E-state index is 12.5. The van der Waals surface area contributed by atoms with Crippen LogP contribution in [0, 0.1) is 40.9 Å². The van der Waals surface area contributed by atoms with Gasteiger partial charge in [0.1, 0.15) is 5.78 Å². The first-order chi connectivity index (χ1) is 11.4. The molecule has 0 aromatic heterocycles. The van der Waals surface area contributed by atoms with Crippen LogP contribution in [-0.2, 0) is 4.79 Å². The molecule has 136 valence electrons. The number of fused-ring (bicyclic) bond motifs is 5. The summed E-state index contributed by atoms with van der Waals surface area (Å²) in [7, 11) is 0. The molecule has 0 spiro atoms. The van der Waals surface area contributed by atoms with Crippen molar-refractivity contribution >= 4 is 21.7 Å². The highest BCUT2D eigenvalue weighted by Crippen LogP contribution is 2.64. The predicted octanol–water partition coefficient (Wildman–Crippen LogP) is 4.97. The molecule has 24 heavy (non-hydrogen) atoms. The van der Waals surface area contributed by atoms with E-state index in [2.05, 4.69) is 22.9 Å². The van der Waals surface area contributed by atoms with Crippen molar-refractivity contribution in [2.24, 2.45) is 40.9 Å². The summed E-state index contributed by atoms with van der Waals surface area (Å²) in [6.07, 6.45) is 10.9. The predicted molar refractivity (Wildman–Crippen MR) is 100 cm³/mol. The molecular weight excluding hydrogens is 364 g/mol. The summed E-state index contributed by atoms with van der Waals surface area (Å²) in [5, 5.41) is 11.0. The SMILES string of the molecule is C[C@@]1(O)CC[C@H]2[C@H](CC[C@@H]3[C@@H]2CC[C@]2(C)[C@@H](C(=O)CBr)CC[C@@H]32)C1. The number of carbonyl (C=O) groups is 1. The van der Waals surface area contributed by atoms with Crippen LogP contribution >= 0.6 is 15.9 Å². The highest BCUT2D eigenvalue weighted by atomic mass is 79.9. The fraction of sp³-hybridized carbons (Fsp3) is 0.952. The lowest BCUT2D eigenvalue weighted by Crippen LogP contribution is -2.51. The molecule has 0 radical (unpaired) electrons. The summed E-state index contributed by atoms with van der Waals surface area (Å²) in [6.45, 7) is 4.48. The smallest absolute Gasteiger partial charge is 0.147 e. The Labute approximate surface area is 155 Å². The average Bonchev–Trinajstić information content (AvgIpc) is 2.90. The van der Waals surface area contributed by atoms with E-state index in [4.69, 9.17) is 0 Å². The third kappa shape index (κ3) is 2.64. The minimum absolute atomic E-state index is 0.263. The maximum absolute atomic E-state index is 12.5. The van der Waals surface area contributed by atoms with Crippen LogP contribution in [-0.4, -0.2) is 21.8 Å². The van der Waals surface area contributed by atoms with E-state index in [1.54, 1.807) is 0 Å². The molecule has 1 N–H and O–H groups in total.